The van der Waals surface area contributed by atoms with Gasteiger partial charge in [0.1, 0.15) is 17.3 Å². The van der Waals surface area contributed by atoms with Gasteiger partial charge in [-0.15, -0.1) is 0 Å². The zero-order valence-electron chi connectivity index (χ0n) is 15.4. The van der Waals surface area contributed by atoms with E-state index in [-0.39, 0.29) is 22.8 Å². The first-order chi connectivity index (χ1) is 14.4. The molecule has 0 aliphatic carbocycles. The van der Waals surface area contributed by atoms with Gasteiger partial charge < -0.3 is 10.2 Å². The summed E-state index contributed by atoms with van der Waals surface area (Å²) in [6, 6.07) is 17.0. The lowest BCUT2D eigenvalue weighted by atomic mass is 9.95. The van der Waals surface area contributed by atoms with Crippen molar-refractivity contribution in [2.45, 2.75) is 6.04 Å². The summed E-state index contributed by atoms with van der Waals surface area (Å²) in [6.07, 6.45) is 0. The van der Waals surface area contributed by atoms with E-state index in [1.165, 1.54) is 36.4 Å². The average Bonchev–Trinajstić information content (AvgIpc) is 3.00. The Kier molecular flexibility index (Phi) is 5.13. The molecule has 1 fully saturated rings. The number of hydrogen-bond donors (Lipinski definition) is 2. The van der Waals surface area contributed by atoms with Crippen LogP contribution >= 0.6 is 15.9 Å². The Labute approximate surface area is 179 Å². The van der Waals surface area contributed by atoms with Crippen LogP contribution in [0, 0.1) is 5.82 Å². The zero-order valence-corrected chi connectivity index (χ0v) is 17.0. The summed E-state index contributed by atoms with van der Waals surface area (Å²) in [4.78, 5) is 27.0. The van der Waals surface area contributed by atoms with Crippen molar-refractivity contribution in [3.05, 3.63) is 99.8 Å². The molecule has 1 heterocycles. The third kappa shape index (κ3) is 3.37. The predicted octanol–water partition coefficient (Wildman–Crippen LogP) is 4.92. The van der Waals surface area contributed by atoms with E-state index < -0.39 is 23.5 Å². The first-order valence-electron chi connectivity index (χ1n) is 8.99. The van der Waals surface area contributed by atoms with Gasteiger partial charge in [-0.25, -0.2) is 4.39 Å². The van der Waals surface area contributed by atoms with Crippen LogP contribution in [0.15, 0.2) is 82.8 Å². The van der Waals surface area contributed by atoms with Crippen LogP contribution in [-0.4, -0.2) is 21.9 Å². The number of amides is 1. The number of anilines is 1. The molecular weight excluding hydrogens is 453 g/mol. The van der Waals surface area contributed by atoms with Crippen LogP contribution in [0.2, 0.25) is 0 Å². The van der Waals surface area contributed by atoms with Crippen molar-refractivity contribution in [3.63, 3.8) is 0 Å². The minimum atomic E-state index is -1.04. The van der Waals surface area contributed by atoms with Crippen LogP contribution in [0.1, 0.15) is 17.2 Å². The lowest BCUT2D eigenvalue weighted by Gasteiger charge is -2.26. The molecule has 150 valence electrons. The second-order valence-electron chi connectivity index (χ2n) is 6.72. The number of Topliss-reactive ketones (excluding diaryl/α,β-unsaturated/α-hetero) is 1. The molecule has 3 aromatic rings. The largest absolute Gasteiger partial charge is 0.507 e. The molecule has 4 rings (SSSR count). The molecule has 1 aliphatic rings. The van der Waals surface area contributed by atoms with Gasteiger partial charge in [-0.2, -0.15) is 0 Å². The molecule has 1 atom stereocenters. The molecule has 0 aromatic heterocycles. The molecule has 0 spiro atoms. The number of hydrogen-bond acceptors (Lipinski definition) is 4. The molecule has 7 heteroatoms. The van der Waals surface area contributed by atoms with E-state index in [9.17, 15) is 24.2 Å². The molecule has 5 nitrogen and oxygen atoms in total. The Morgan fingerprint density at radius 2 is 1.57 bits per heavy atom. The number of ketones is 1. The van der Waals surface area contributed by atoms with Gasteiger partial charge in [0.05, 0.1) is 17.3 Å². The highest BCUT2D eigenvalue weighted by Crippen LogP contribution is 2.44. The van der Waals surface area contributed by atoms with Gasteiger partial charge in [-0.1, -0.05) is 52.3 Å². The summed E-state index contributed by atoms with van der Waals surface area (Å²) < 4.78 is 14.3. The second kappa shape index (κ2) is 7.76. The number of rotatable bonds is 3. The number of nitrogens with zero attached hydrogens (tertiary/aromatic N) is 1. The summed E-state index contributed by atoms with van der Waals surface area (Å²) in [5.41, 5.74) is 0.735. The highest BCUT2D eigenvalue weighted by Gasteiger charge is 2.47. The Hall–Kier alpha value is -3.45. The van der Waals surface area contributed by atoms with Gasteiger partial charge in [0.25, 0.3) is 11.7 Å². The quantitative estimate of drug-likeness (QED) is 0.325. The van der Waals surface area contributed by atoms with Gasteiger partial charge in [0.15, 0.2) is 0 Å². The lowest BCUT2D eigenvalue weighted by molar-refractivity contribution is -0.132. The van der Waals surface area contributed by atoms with E-state index in [1.54, 1.807) is 36.4 Å². The Morgan fingerprint density at radius 1 is 0.933 bits per heavy atom. The molecule has 1 amide bonds. The van der Waals surface area contributed by atoms with Crippen molar-refractivity contribution >= 4 is 39.1 Å². The fourth-order valence-corrected chi connectivity index (χ4v) is 3.74. The number of halogens is 2. The number of aliphatic hydroxyl groups excluding tert-OH is 1. The van der Waals surface area contributed by atoms with Crippen LogP contribution in [0.5, 0.6) is 5.75 Å². The van der Waals surface area contributed by atoms with Gasteiger partial charge in [-0.3, -0.25) is 14.5 Å². The first kappa shape index (κ1) is 19.8. The fourth-order valence-electron chi connectivity index (χ4n) is 3.47. The molecule has 0 radical (unpaired) electrons. The second-order valence-corrected chi connectivity index (χ2v) is 7.63. The topological polar surface area (TPSA) is 77.8 Å². The minimum Gasteiger partial charge on any atom is -0.507 e. The van der Waals surface area contributed by atoms with Crippen LogP contribution in [0.4, 0.5) is 10.1 Å². The van der Waals surface area contributed by atoms with Crippen LogP contribution in [-0.2, 0) is 9.59 Å². The monoisotopic (exact) mass is 467 g/mol. The van der Waals surface area contributed by atoms with Gasteiger partial charge in [0, 0.05) is 10.0 Å². The molecular formula is C23H15BrFNO4. The smallest absolute Gasteiger partial charge is 0.300 e. The highest BCUT2D eigenvalue weighted by molar-refractivity contribution is 9.10. The van der Waals surface area contributed by atoms with E-state index in [2.05, 4.69) is 15.9 Å². The standard InChI is InChI=1S/C23H15BrFNO4/c24-15-9-5-14(6-10-15)21(28)19-20(13-7-11-16(25)12-8-13)26(23(30)22(19)29)17-3-1-2-4-18(17)27/h1-12,20,27-28H/b21-19+. The SMILES string of the molecule is O=C1C(=O)N(c2ccccc2O)C(c2ccc(F)cc2)/C1=C(\O)c1ccc(Br)cc1. The average molecular weight is 468 g/mol. The maximum atomic E-state index is 13.5. The van der Waals surface area contributed by atoms with E-state index in [4.69, 9.17) is 0 Å². The molecule has 1 aliphatic heterocycles. The van der Waals surface area contributed by atoms with Crippen molar-refractivity contribution in [1.82, 2.24) is 0 Å². The van der Waals surface area contributed by atoms with E-state index in [1.807, 2.05) is 0 Å². The van der Waals surface area contributed by atoms with E-state index in [0.717, 1.165) is 9.37 Å². The van der Waals surface area contributed by atoms with Gasteiger partial charge in [0.2, 0.25) is 0 Å². The summed E-state index contributed by atoms with van der Waals surface area (Å²) >= 11 is 3.31. The molecule has 0 bridgehead atoms. The van der Waals surface area contributed by atoms with Crippen LogP contribution in [0.25, 0.3) is 5.76 Å². The number of aromatic hydroxyl groups is 1. The number of carbonyl (C=O) groups is 2. The van der Waals surface area contributed by atoms with E-state index in [0.29, 0.717) is 11.1 Å². The molecule has 30 heavy (non-hydrogen) atoms. The van der Waals surface area contributed by atoms with Crippen molar-refractivity contribution in [3.8, 4) is 5.75 Å². The van der Waals surface area contributed by atoms with Crippen molar-refractivity contribution in [2.75, 3.05) is 4.90 Å². The summed E-state index contributed by atoms with van der Waals surface area (Å²) in [5, 5.41) is 21.3. The maximum Gasteiger partial charge on any atom is 0.300 e. The summed E-state index contributed by atoms with van der Waals surface area (Å²) in [5.74, 6) is -2.83. The molecule has 3 aromatic carbocycles. The Morgan fingerprint density at radius 3 is 2.20 bits per heavy atom. The molecule has 0 saturated carbocycles. The normalized spacial score (nSPS) is 18.1. The minimum absolute atomic E-state index is 0.115. The summed E-state index contributed by atoms with van der Waals surface area (Å²) in [6.45, 7) is 0. The number of phenols is 1. The van der Waals surface area contributed by atoms with Crippen molar-refractivity contribution in [1.29, 1.82) is 0 Å². The predicted molar refractivity (Wildman–Crippen MR) is 113 cm³/mol. The number of phenolic OH excluding ortho intramolecular Hbond substituents is 1. The summed E-state index contributed by atoms with van der Waals surface area (Å²) in [7, 11) is 0. The van der Waals surface area contributed by atoms with Gasteiger partial charge >= 0.3 is 0 Å². The number of carbonyl (C=O) groups excluding carboxylic acids is 2. The fraction of sp³-hybridized carbons (Fsp3) is 0.0435. The van der Waals surface area contributed by atoms with E-state index >= 15 is 0 Å². The third-order valence-corrected chi connectivity index (χ3v) is 5.42. The van der Waals surface area contributed by atoms with Gasteiger partial charge in [-0.05, 0) is 42.0 Å². The number of aliphatic hydroxyl groups is 1. The third-order valence-electron chi connectivity index (χ3n) is 4.89. The zero-order chi connectivity index (χ0) is 21.4. The highest BCUT2D eigenvalue weighted by atomic mass is 79.9. The van der Waals surface area contributed by atoms with Crippen LogP contribution in [0.3, 0.4) is 0 Å². The first-order valence-corrected chi connectivity index (χ1v) is 9.78. The molecule has 2 N–H and O–H groups in total. The van der Waals surface area contributed by atoms with Crippen molar-refractivity contribution < 1.29 is 24.2 Å². The lowest BCUT2D eigenvalue weighted by Crippen LogP contribution is -2.29. The number of benzene rings is 3. The van der Waals surface area contributed by atoms with Crippen molar-refractivity contribution in [2.24, 2.45) is 0 Å². The van der Waals surface area contributed by atoms with Crippen LogP contribution < -0.4 is 4.90 Å². The Balaban J connectivity index is 1.96. The molecule has 1 saturated heterocycles. The Bertz CT molecular complexity index is 1170. The molecule has 1 unspecified atom stereocenters. The maximum absolute atomic E-state index is 13.5. The number of para-hydroxylation sites is 2.